The van der Waals surface area contributed by atoms with Crippen molar-refractivity contribution < 1.29 is 0 Å². The summed E-state index contributed by atoms with van der Waals surface area (Å²) >= 11 is 0. The van der Waals surface area contributed by atoms with E-state index in [1.165, 1.54) is 11.3 Å². The van der Waals surface area contributed by atoms with E-state index in [4.69, 9.17) is 4.99 Å². The molecule has 6 nitrogen and oxygen atoms in total. The minimum atomic E-state index is 0. The van der Waals surface area contributed by atoms with Crippen LogP contribution >= 0.6 is 24.0 Å². The Balaban J connectivity index is 0.00000676. The third kappa shape index (κ3) is 8.37. The highest BCUT2D eigenvalue weighted by molar-refractivity contribution is 14.0. The van der Waals surface area contributed by atoms with E-state index in [1.54, 1.807) is 0 Å². The zero-order valence-electron chi connectivity index (χ0n) is 18.8. The Morgan fingerprint density at radius 3 is 2.19 bits per heavy atom. The van der Waals surface area contributed by atoms with Gasteiger partial charge in [-0.15, -0.1) is 24.0 Å². The summed E-state index contributed by atoms with van der Waals surface area (Å²) in [4.78, 5) is 7.25. The van der Waals surface area contributed by atoms with Crippen molar-refractivity contribution in [2.75, 3.05) is 19.6 Å². The Labute approximate surface area is 183 Å². The first-order valence-electron chi connectivity index (χ1n) is 9.96. The van der Waals surface area contributed by atoms with Gasteiger partial charge in [0.15, 0.2) is 5.96 Å². The van der Waals surface area contributed by atoms with Gasteiger partial charge in [0.05, 0.1) is 12.2 Å². The molecule has 0 saturated carbocycles. The molecule has 0 saturated heterocycles. The second-order valence-electron chi connectivity index (χ2n) is 7.71. The summed E-state index contributed by atoms with van der Waals surface area (Å²) in [6, 6.07) is 1.37. The Hall–Kier alpha value is -0.830. The molecular weight excluding hydrogens is 451 g/mol. The average molecular weight is 492 g/mol. The lowest BCUT2D eigenvalue weighted by Crippen LogP contribution is -2.44. The highest BCUT2D eigenvalue weighted by atomic mass is 127. The lowest BCUT2D eigenvalue weighted by atomic mass is 10.1. The molecule has 0 aliphatic carbocycles. The van der Waals surface area contributed by atoms with Crippen LogP contribution < -0.4 is 10.6 Å². The van der Waals surface area contributed by atoms with E-state index < -0.39 is 0 Å². The molecule has 0 bridgehead atoms. The molecule has 1 atom stereocenters. The summed E-state index contributed by atoms with van der Waals surface area (Å²) in [6.07, 6.45) is 0.944. The van der Waals surface area contributed by atoms with Gasteiger partial charge in [-0.25, -0.2) is 0 Å². The second-order valence-corrected chi connectivity index (χ2v) is 7.71. The molecule has 158 valence electrons. The van der Waals surface area contributed by atoms with E-state index in [0.717, 1.165) is 37.7 Å². The first-order chi connectivity index (χ1) is 12.2. The van der Waals surface area contributed by atoms with Crippen molar-refractivity contribution in [3.05, 3.63) is 17.0 Å². The highest BCUT2D eigenvalue weighted by Gasteiger charge is 2.15. The molecule has 0 fully saturated rings. The number of aromatic nitrogens is 2. The van der Waals surface area contributed by atoms with Crippen molar-refractivity contribution >= 4 is 29.9 Å². The van der Waals surface area contributed by atoms with Gasteiger partial charge in [0.2, 0.25) is 0 Å². The van der Waals surface area contributed by atoms with Gasteiger partial charge in [-0.3, -0.25) is 14.6 Å². The fraction of sp³-hybridized carbons (Fsp3) is 0.800. The maximum absolute atomic E-state index is 4.78. The number of halogens is 1. The molecule has 1 rings (SSSR count). The maximum Gasteiger partial charge on any atom is 0.191 e. The van der Waals surface area contributed by atoms with Gasteiger partial charge in [-0.2, -0.15) is 5.10 Å². The molecule has 0 aromatic carbocycles. The number of hydrogen-bond acceptors (Lipinski definition) is 3. The standard InChI is InChI=1S/C20H40N6.HI/c1-10-21-20(22-11-12-26(14(2)3)15(4)5)23-16(6)13-19-17(7)24-25(9)18(19)8;/h14-16H,10-13H2,1-9H3,(H2,21,22,23);1H. The molecule has 0 amide bonds. The summed E-state index contributed by atoms with van der Waals surface area (Å²) in [6.45, 7) is 20.1. The van der Waals surface area contributed by atoms with E-state index >= 15 is 0 Å². The summed E-state index contributed by atoms with van der Waals surface area (Å²) < 4.78 is 1.96. The van der Waals surface area contributed by atoms with Crippen molar-refractivity contribution in [3.8, 4) is 0 Å². The van der Waals surface area contributed by atoms with Gasteiger partial charge >= 0.3 is 0 Å². The van der Waals surface area contributed by atoms with Crippen LogP contribution in [0.15, 0.2) is 4.99 Å². The average Bonchev–Trinajstić information content (AvgIpc) is 2.77. The number of rotatable bonds is 9. The third-order valence-electron chi connectivity index (χ3n) is 4.85. The minimum absolute atomic E-state index is 0. The van der Waals surface area contributed by atoms with Crippen LogP contribution in [0.25, 0.3) is 0 Å². The fourth-order valence-corrected chi connectivity index (χ4v) is 3.41. The molecular formula is C20H41IN6. The van der Waals surface area contributed by atoms with Crippen molar-refractivity contribution in [2.45, 2.75) is 79.9 Å². The molecule has 1 heterocycles. The zero-order valence-corrected chi connectivity index (χ0v) is 21.1. The van der Waals surface area contributed by atoms with E-state index in [2.05, 4.69) is 76.0 Å². The van der Waals surface area contributed by atoms with Crippen LogP contribution in [0, 0.1) is 13.8 Å². The van der Waals surface area contributed by atoms with Crippen LogP contribution in [0.4, 0.5) is 0 Å². The topological polar surface area (TPSA) is 57.5 Å². The van der Waals surface area contributed by atoms with E-state index in [0.29, 0.717) is 18.1 Å². The van der Waals surface area contributed by atoms with Crippen molar-refractivity contribution in [1.29, 1.82) is 0 Å². The SMILES string of the molecule is CCNC(=NCCN(C(C)C)C(C)C)NC(C)Cc1c(C)nn(C)c1C.I. The molecule has 7 heteroatoms. The number of guanidine groups is 1. The van der Waals surface area contributed by atoms with E-state index in [1.807, 2.05) is 11.7 Å². The van der Waals surface area contributed by atoms with Crippen LogP contribution in [-0.4, -0.2) is 58.4 Å². The van der Waals surface area contributed by atoms with Crippen LogP contribution in [0.2, 0.25) is 0 Å². The molecule has 0 aliphatic rings. The molecule has 2 N–H and O–H groups in total. The number of nitrogens with zero attached hydrogens (tertiary/aromatic N) is 4. The molecule has 1 aromatic rings. The van der Waals surface area contributed by atoms with Crippen LogP contribution in [0.3, 0.4) is 0 Å². The van der Waals surface area contributed by atoms with Gasteiger partial charge < -0.3 is 10.6 Å². The van der Waals surface area contributed by atoms with Crippen molar-refractivity contribution in [1.82, 2.24) is 25.3 Å². The van der Waals surface area contributed by atoms with Gasteiger partial charge in [0, 0.05) is 44.0 Å². The Morgan fingerprint density at radius 1 is 1.15 bits per heavy atom. The molecule has 0 spiro atoms. The van der Waals surface area contributed by atoms with Crippen LogP contribution in [0.1, 0.15) is 58.5 Å². The lowest BCUT2D eigenvalue weighted by Gasteiger charge is -2.30. The van der Waals surface area contributed by atoms with Gasteiger partial charge in [-0.05, 0) is 67.4 Å². The van der Waals surface area contributed by atoms with Gasteiger partial charge in [0.25, 0.3) is 0 Å². The Morgan fingerprint density at radius 2 is 1.74 bits per heavy atom. The summed E-state index contributed by atoms with van der Waals surface area (Å²) in [5, 5.41) is 11.4. The largest absolute Gasteiger partial charge is 0.357 e. The Kier molecular flexibility index (Phi) is 12.2. The monoisotopic (exact) mass is 492 g/mol. The highest BCUT2D eigenvalue weighted by Crippen LogP contribution is 2.14. The number of nitrogens with one attached hydrogen (secondary N) is 2. The fourth-order valence-electron chi connectivity index (χ4n) is 3.41. The maximum atomic E-state index is 4.78. The number of aliphatic imine (C=N–C) groups is 1. The van der Waals surface area contributed by atoms with Gasteiger partial charge in [0.1, 0.15) is 0 Å². The normalized spacial score (nSPS) is 13.3. The summed E-state index contributed by atoms with van der Waals surface area (Å²) in [7, 11) is 2.00. The van der Waals surface area contributed by atoms with E-state index in [9.17, 15) is 0 Å². The Bertz CT molecular complexity index is 571. The van der Waals surface area contributed by atoms with Gasteiger partial charge in [-0.1, -0.05) is 0 Å². The lowest BCUT2D eigenvalue weighted by molar-refractivity contribution is 0.181. The van der Waals surface area contributed by atoms with Crippen molar-refractivity contribution in [2.24, 2.45) is 12.0 Å². The quantitative estimate of drug-likeness (QED) is 0.316. The first-order valence-corrected chi connectivity index (χ1v) is 9.96. The minimum Gasteiger partial charge on any atom is -0.357 e. The molecule has 27 heavy (non-hydrogen) atoms. The predicted molar refractivity (Wildman–Crippen MR) is 127 cm³/mol. The predicted octanol–water partition coefficient (Wildman–Crippen LogP) is 3.26. The summed E-state index contributed by atoms with van der Waals surface area (Å²) in [5.41, 5.74) is 3.68. The molecule has 1 unspecified atom stereocenters. The molecule has 1 aromatic heterocycles. The van der Waals surface area contributed by atoms with Crippen molar-refractivity contribution in [3.63, 3.8) is 0 Å². The first kappa shape index (κ1) is 26.2. The third-order valence-corrected chi connectivity index (χ3v) is 4.85. The van der Waals surface area contributed by atoms with Crippen LogP contribution in [-0.2, 0) is 13.5 Å². The number of hydrogen-bond donors (Lipinski definition) is 2. The number of aryl methyl sites for hydroxylation is 2. The smallest absolute Gasteiger partial charge is 0.191 e. The molecule has 0 aliphatic heterocycles. The summed E-state index contributed by atoms with van der Waals surface area (Å²) in [5.74, 6) is 0.895. The molecule has 0 radical (unpaired) electrons. The zero-order chi connectivity index (χ0) is 19.9. The second kappa shape index (κ2) is 12.6. The van der Waals surface area contributed by atoms with E-state index in [-0.39, 0.29) is 24.0 Å². The van der Waals surface area contributed by atoms with Crippen LogP contribution in [0.5, 0.6) is 0 Å².